The Morgan fingerprint density at radius 3 is 2.73 bits per heavy atom. The summed E-state index contributed by atoms with van der Waals surface area (Å²) in [5, 5.41) is 0. The Kier molecular flexibility index (Phi) is 4.26. The van der Waals surface area contributed by atoms with E-state index < -0.39 is 11.1 Å². The minimum absolute atomic E-state index is 0.0263. The number of rotatable bonds is 4. The molecule has 0 saturated heterocycles. The second kappa shape index (κ2) is 5.25. The smallest absolute Gasteiger partial charge is 0.190 e. The van der Waals surface area contributed by atoms with Crippen molar-refractivity contribution in [3.8, 4) is 5.75 Å². The maximum absolute atomic E-state index is 11.0. The Bertz CT molecular complexity index is 366. The molecule has 0 saturated carbocycles. The number of methoxy groups -OCH3 is 1. The lowest BCUT2D eigenvalue weighted by Crippen LogP contribution is -2.17. The van der Waals surface area contributed by atoms with Gasteiger partial charge in [0.15, 0.2) is 11.1 Å². The normalized spacial score (nSPS) is 14.7. The van der Waals surface area contributed by atoms with Gasteiger partial charge in [-0.15, -0.1) is 0 Å². The van der Waals surface area contributed by atoms with Crippen molar-refractivity contribution < 1.29 is 13.5 Å². The zero-order chi connectivity index (χ0) is 11.4. The molecule has 1 aromatic rings. The Balaban J connectivity index is 3.05. The van der Waals surface area contributed by atoms with Gasteiger partial charge < -0.3 is 15.0 Å². The third-order valence-electron chi connectivity index (χ3n) is 1.97. The van der Waals surface area contributed by atoms with E-state index in [0.29, 0.717) is 12.2 Å². The first-order valence-corrected chi connectivity index (χ1v) is 5.68. The molecular formula is C10H15NO3S. The summed E-state index contributed by atoms with van der Waals surface area (Å²) in [7, 11) is 1.47. The van der Waals surface area contributed by atoms with Crippen molar-refractivity contribution in [2.75, 3.05) is 7.11 Å². The largest absolute Gasteiger partial charge is 0.495 e. The molecule has 0 spiro atoms. The molecule has 0 amide bonds. The number of benzene rings is 1. The van der Waals surface area contributed by atoms with Crippen LogP contribution in [0.15, 0.2) is 23.1 Å². The molecule has 1 aromatic carbocycles. The highest BCUT2D eigenvalue weighted by Gasteiger charge is 2.10. The first kappa shape index (κ1) is 12.2. The van der Waals surface area contributed by atoms with E-state index in [1.165, 1.54) is 7.11 Å². The van der Waals surface area contributed by atoms with Crippen LogP contribution < -0.4 is 10.5 Å². The second-order valence-electron chi connectivity index (χ2n) is 3.42. The van der Waals surface area contributed by atoms with Crippen molar-refractivity contribution in [2.24, 2.45) is 5.73 Å². The lowest BCUT2D eigenvalue weighted by atomic mass is 10.1. The molecule has 3 N–H and O–H groups in total. The average Bonchev–Trinajstić information content (AvgIpc) is 2.16. The molecule has 0 aromatic heterocycles. The van der Waals surface area contributed by atoms with Crippen molar-refractivity contribution >= 4 is 11.1 Å². The predicted molar refractivity (Wildman–Crippen MR) is 59.4 cm³/mol. The van der Waals surface area contributed by atoms with Crippen molar-refractivity contribution in [1.29, 1.82) is 0 Å². The molecule has 0 heterocycles. The summed E-state index contributed by atoms with van der Waals surface area (Å²) in [6, 6.07) is 5.20. The molecule has 4 nitrogen and oxygen atoms in total. The van der Waals surface area contributed by atoms with Crippen LogP contribution in [0, 0.1) is 0 Å². The third-order valence-corrected chi connectivity index (χ3v) is 2.67. The summed E-state index contributed by atoms with van der Waals surface area (Å²) in [6.45, 7) is 1.89. The molecule has 0 aliphatic carbocycles. The van der Waals surface area contributed by atoms with Gasteiger partial charge in [0.25, 0.3) is 0 Å². The standard InChI is InChI=1S/C10H15NO3S/c1-7(11)5-8-3-4-9(14-2)10(6-8)15(12)13/h3-4,6-7H,5,11H2,1-2H3,(H,12,13)/t7-/m1/s1. The molecule has 84 valence electrons. The molecule has 0 aliphatic heterocycles. The highest BCUT2D eigenvalue weighted by atomic mass is 32.2. The molecule has 0 radical (unpaired) electrons. The maximum Gasteiger partial charge on any atom is 0.190 e. The predicted octanol–water partition coefficient (Wildman–Crippen LogP) is 1.17. The minimum Gasteiger partial charge on any atom is -0.495 e. The van der Waals surface area contributed by atoms with Gasteiger partial charge in [-0.1, -0.05) is 6.07 Å². The van der Waals surface area contributed by atoms with Crippen LogP contribution >= 0.6 is 0 Å². The summed E-state index contributed by atoms with van der Waals surface area (Å²) in [4.78, 5) is 0.288. The fourth-order valence-electron chi connectivity index (χ4n) is 1.36. The van der Waals surface area contributed by atoms with Gasteiger partial charge in [-0.25, -0.2) is 4.21 Å². The van der Waals surface area contributed by atoms with E-state index in [-0.39, 0.29) is 10.9 Å². The molecule has 0 aliphatic rings. The van der Waals surface area contributed by atoms with Crippen LogP contribution in [-0.4, -0.2) is 21.9 Å². The molecular weight excluding hydrogens is 214 g/mol. The maximum atomic E-state index is 11.0. The topological polar surface area (TPSA) is 72.5 Å². The summed E-state index contributed by atoms with van der Waals surface area (Å²) >= 11 is -2.03. The van der Waals surface area contributed by atoms with E-state index >= 15 is 0 Å². The number of hydrogen-bond donors (Lipinski definition) is 2. The van der Waals surface area contributed by atoms with Gasteiger partial charge in [0.1, 0.15) is 10.6 Å². The van der Waals surface area contributed by atoms with Crippen LogP contribution in [-0.2, 0) is 17.5 Å². The number of ether oxygens (including phenoxy) is 1. The van der Waals surface area contributed by atoms with Gasteiger partial charge in [-0.3, -0.25) is 0 Å². The fraction of sp³-hybridized carbons (Fsp3) is 0.400. The minimum atomic E-state index is -2.03. The molecule has 0 fully saturated rings. The zero-order valence-corrected chi connectivity index (χ0v) is 9.58. The SMILES string of the molecule is COc1ccc(C[C@@H](C)N)cc1S(=O)O. The van der Waals surface area contributed by atoms with Gasteiger partial charge in [-0.2, -0.15) is 0 Å². The Morgan fingerprint density at radius 1 is 1.60 bits per heavy atom. The van der Waals surface area contributed by atoms with Gasteiger partial charge >= 0.3 is 0 Å². The van der Waals surface area contributed by atoms with Gasteiger partial charge in [0.05, 0.1) is 7.11 Å². The van der Waals surface area contributed by atoms with Gasteiger partial charge in [0, 0.05) is 6.04 Å². The van der Waals surface area contributed by atoms with Crippen LogP contribution in [0.2, 0.25) is 0 Å². The monoisotopic (exact) mass is 229 g/mol. The van der Waals surface area contributed by atoms with Crippen LogP contribution in [0.1, 0.15) is 12.5 Å². The summed E-state index contributed by atoms with van der Waals surface area (Å²) < 4.78 is 25.1. The fourth-order valence-corrected chi connectivity index (χ4v) is 1.93. The van der Waals surface area contributed by atoms with Crippen LogP contribution in [0.5, 0.6) is 5.75 Å². The summed E-state index contributed by atoms with van der Waals surface area (Å²) in [6.07, 6.45) is 0.675. The van der Waals surface area contributed by atoms with E-state index in [1.54, 1.807) is 12.1 Å². The first-order valence-electron chi connectivity index (χ1n) is 4.58. The van der Waals surface area contributed by atoms with E-state index in [1.807, 2.05) is 13.0 Å². The zero-order valence-electron chi connectivity index (χ0n) is 8.77. The molecule has 0 bridgehead atoms. The van der Waals surface area contributed by atoms with Crippen molar-refractivity contribution in [1.82, 2.24) is 0 Å². The molecule has 15 heavy (non-hydrogen) atoms. The Hall–Kier alpha value is -0.910. The average molecular weight is 229 g/mol. The molecule has 1 unspecified atom stereocenters. The summed E-state index contributed by atoms with van der Waals surface area (Å²) in [5.74, 6) is 0.421. The van der Waals surface area contributed by atoms with Gasteiger partial charge in [-0.05, 0) is 31.0 Å². The Morgan fingerprint density at radius 2 is 2.27 bits per heavy atom. The number of nitrogens with two attached hydrogens (primary N) is 1. The Labute approximate surface area is 91.7 Å². The second-order valence-corrected chi connectivity index (χ2v) is 4.35. The molecule has 2 atom stereocenters. The van der Waals surface area contributed by atoms with Crippen molar-refractivity contribution in [3.63, 3.8) is 0 Å². The molecule has 5 heteroatoms. The highest BCUT2D eigenvalue weighted by Crippen LogP contribution is 2.23. The lowest BCUT2D eigenvalue weighted by molar-refractivity contribution is 0.401. The van der Waals surface area contributed by atoms with E-state index in [0.717, 1.165) is 5.56 Å². The number of hydrogen-bond acceptors (Lipinski definition) is 3. The highest BCUT2D eigenvalue weighted by molar-refractivity contribution is 7.79. The quantitative estimate of drug-likeness (QED) is 0.760. The van der Waals surface area contributed by atoms with E-state index in [4.69, 9.17) is 15.0 Å². The van der Waals surface area contributed by atoms with E-state index in [9.17, 15) is 4.21 Å². The summed E-state index contributed by atoms with van der Waals surface area (Å²) in [5.41, 5.74) is 6.59. The van der Waals surface area contributed by atoms with Crippen LogP contribution in [0.3, 0.4) is 0 Å². The molecule has 1 rings (SSSR count). The van der Waals surface area contributed by atoms with Crippen LogP contribution in [0.25, 0.3) is 0 Å². The van der Waals surface area contributed by atoms with Crippen molar-refractivity contribution in [3.05, 3.63) is 23.8 Å². The van der Waals surface area contributed by atoms with E-state index in [2.05, 4.69) is 0 Å². The third kappa shape index (κ3) is 3.30. The first-order chi connectivity index (χ1) is 7.04. The lowest BCUT2D eigenvalue weighted by Gasteiger charge is -2.09. The van der Waals surface area contributed by atoms with Gasteiger partial charge in [0.2, 0.25) is 0 Å². The van der Waals surface area contributed by atoms with Crippen LogP contribution in [0.4, 0.5) is 0 Å². The van der Waals surface area contributed by atoms with Crippen molar-refractivity contribution in [2.45, 2.75) is 24.3 Å².